The van der Waals surface area contributed by atoms with Crippen molar-refractivity contribution >= 4 is 22.9 Å². The molecule has 34 heavy (non-hydrogen) atoms. The van der Waals surface area contributed by atoms with E-state index in [1.807, 2.05) is 61.4 Å². The highest BCUT2D eigenvalue weighted by Gasteiger charge is 2.31. The number of amides is 1. The SMILES string of the molecule is COc1ccc(C)c(-n2c(N)c(C(=O)N3CCc4ncccc4C3)c3nc(C)c(C)nc32)c1C. The Balaban J connectivity index is 1.73. The van der Waals surface area contributed by atoms with Crippen molar-refractivity contribution in [1.29, 1.82) is 0 Å². The highest BCUT2D eigenvalue weighted by atomic mass is 16.5. The van der Waals surface area contributed by atoms with Crippen LogP contribution in [0.3, 0.4) is 0 Å². The molecule has 0 unspecified atom stereocenters. The van der Waals surface area contributed by atoms with Crippen LogP contribution in [0.1, 0.15) is 44.1 Å². The first-order chi connectivity index (χ1) is 16.3. The van der Waals surface area contributed by atoms with Crippen molar-refractivity contribution in [3.8, 4) is 11.4 Å². The molecule has 5 rings (SSSR count). The van der Waals surface area contributed by atoms with Gasteiger partial charge in [0.15, 0.2) is 5.65 Å². The molecule has 0 spiro atoms. The van der Waals surface area contributed by atoms with E-state index in [4.69, 9.17) is 20.4 Å². The molecule has 1 amide bonds. The summed E-state index contributed by atoms with van der Waals surface area (Å²) in [5, 5.41) is 0. The number of nitrogens with zero attached hydrogens (tertiary/aromatic N) is 5. The predicted octanol–water partition coefficient (Wildman–Crippen LogP) is 3.84. The van der Waals surface area contributed by atoms with Gasteiger partial charge in [0, 0.05) is 37.0 Å². The van der Waals surface area contributed by atoms with Gasteiger partial charge in [-0.05, 0) is 51.0 Å². The molecule has 1 aromatic carbocycles. The fraction of sp³-hybridized carbons (Fsp3) is 0.308. The number of rotatable bonds is 3. The fourth-order valence-electron chi connectivity index (χ4n) is 4.78. The van der Waals surface area contributed by atoms with Gasteiger partial charge in [0.1, 0.15) is 22.6 Å². The molecular formula is C26H28N6O2. The number of aryl methyl sites for hydroxylation is 3. The minimum atomic E-state index is -0.147. The van der Waals surface area contributed by atoms with E-state index in [2.05, 4.69) is 4.98 Å². The van der Waals surface area contributed by atoms with E-state index < -0.39 is 0 Å². The third-order valence-corrected chi connectivity index (χ3v) is 6.73. The lowest BCUT2D eigenvalue weighted by atomic mass is 10.0. The summed E-state index contributed by atoms with van der Waals surface area (Å²) in [4.78, 5) is 29.8. The maximum atomic E-state index is 13.9. The van der Waals surface area contributed by atoms with E-state index in [1.54, 1.807) is 13.3 Å². The molecule has 0 saturated heterocycles. The lowest BCUT2D eigenvalue weighted by molar-refractivity contribution is 0.0736. The number of benzene rings is 1. The molecule has 4 aromatic rings. The van der Waals surface area contributed by atoms with Crippen LogP contribution in [0.25, 0.3) is 16.9 Å². The van der Waals surface area contributed by atoms with E-state index in [-0.39, 0.29) is 5.91 Å². The summed E-state index contributed by atoms with van der Waals surface area (Å²) in [6, 6.07) is 7.84. The number of ether oxygens (including phenoxy) is 1. The number of carbonyl (C=O) groups is 1. The standard InChI is InChI=1S/C26H28N6O2/c1-14-8-9-20(34-5)15(2)23(14)32-24(27)21(22-25(32)30-17(4)16(3)29-22)26(33)31-12-10-19-18(13-31)7-6-11-28-19/h6-9,11H,10,12-13,27H2,1-5H3. The second-order valence-electron chi connectivity index (χ2n) is 8.81. The van der Waals surface area contributed by atoms with E-state index in [1.165, 1.54) is 0 Å². The number of fused-ring (bicyclic) bond motifs is 2. The first kappa shape index (κ1) is 21.9. The number of hydrogen-bond donors (Lipinski definition) is 1. The lowest BCUT2D eigenvalue weighted by Gasteiger charge is -2.28. The Morgan fingerprint density at radius 2 is 1.85 bits per heavy atom. The summed E-state index contributed by atoms with van der Waals surface area (Å²) in [5.74, 6) is 0.930. The average molecular weight is 457 g/mol. The van der Waals surface area contributed by atoms with Crippen molar-refractivity contribution in [2.24, 2.45) is 0 Å². The summed E-state index contributed by atoms with van der Waals surface area (Å²) >= 11 is 0. The van der Waals surface area contributed by atoms with Crippen LogP contribution >= 0.6 is 0 Å². The predicted molar refractivity (Wildman–Crippen MR) is 131 cm³/mol. The largest absolute Gasteiger partial charge is 0.496 e. The van der Waals surface area contributed by atoms with Gasteiger partial charge in [-0.1, -0.05) is 12.1 Å². The van der Waals surface area contributed by atoms with Gasteiger partial charge in [0.25, 0.3) is 5.91 Å². The lowest BCUT2D eigenvalue weighted by Crippen LogP contribution is -2.36. The van der Waals surface area contributed by atoms with Crippen molar-refractivity contribution in [2.75, 3.05) is 19.4 Å². The maximum Gasteiger partial charge on any atom is 0.260 e. The molecule has 8 heteroatoms. The summed E-state index contributed by atoms with van der Waals surface area (Å²) in [7, 11) is 1.64. The number of methoxy groups -OCH3 is 1. The third kappa shape index (κ3) is 3.29. The zero-order chi connectivity index (χ0) is 24.1. The van der Waals surface area contributed by atoms with Crippen LogP contribution in [-0.4, -0.2) is 44.0 Å². The Kier molecular flexibility index (Phi) is 5.23. The van der Waals surface area contributed by atoms with Gasteiger partial charge < -0.3 is 15.4 Å². The van der Waals surface area contributed by atoms with Crippen LogP contribution < -0.4 is 10.5 Å². The minimum Gasteiger partial charge on any atom is -0.496 e. The summed E-state index contributed by atoms with van der Waals surface area (Å²) < 4.78 is 7.42. The summed E-state index contributed by atoms with van der Waals surface area (Å²) in [5.41, 5.74) is 14.7. The van der Waals surface area contributed by atoms with Gasteiger partial charge in [-0.15, -0.1) is 0 Å². The Morgan fingerprint density at radius 1 is 1.09 bits per heavy atom. The van der Waals surface area contributed by atoms with Crippen LogP contribution in [0.4, 0.5) is 5.82 Å². The molecule has 0 radical (unpaired) electrons. The highest BCUT2D eigenvalue weighted by Crippen LogP contribution is 2.36. The molecule has 1 aliphatic heterocycles. The van der Waals surface area contributed by atoms with Crippen molar-refractivity contribution < 1.29 is 9.53 Å². The highest BCUT2D eigenvalue weighted by molar-refractivity contribution is 6.10. The van der Waals surface area contributed by atoms with Crippen LogP contribution in [0, 0.1) is 27.7 Å². The number of hydrogen-bond acceptors (Lipinski definition) is 6. The van der Waals surface area contributed by atoms with Crippen molar-refractivity contribution in [3.63, 3.8) is 0 Å². The molecule has 8 nitrogen and oxygen atoms in total. The molecule has 4 heterocycles. The first-order valence-electron chi connectivity index (χ1n) is 11.3. The van der Waals surface area contributed by atoms with Gasteiger partial charge in [-0.25, -0.2) is 9.97 Å². The molecule has 0 bridgehead atoms. The monoisotopic (exact) mass is 456 g/mol. The van der Waals surface area contributed by atoms with Gasteiger partial charge in [-0.2, -0.15) is 0 Å². The minimum absolute atomic E-state index is 0.147. The van der Waals surface area contributed by atoms with Crippen LogP contribution in [0.15, 0.2) is 30.5 Å². The number of pyridine rings is 1. The van der Waals surface area contributed by atoms with Crippen LogP contribution in [0.5, 0.6) is 5.75 Å². The maximum absolute atomic E-state index is 13.9. The van der Waals surface area contributed by atoms with Crippen LogP contribution in [0.2, 0.25) is 0 Å². The van der Waals surface area contributed by atoms with Crippen molar-refractivity contribution in [1.82, 2.24) is 24.4 Å². The van der Waals surface area contributed by atoms with E-state index >= 15 is 0 Å². The normalized spacial score (nSPS) is 13.3. The summed E-state index contributed by atoms with van der Waals surface area (Å²) in [6.07, 6.45) is 2.50. The molecule has 1 aliphatic rings. The van der Waals surface area contributed by atoms with E-state index in [0.717, 1.165) is 45.2 Å². The van der Waals surface area contributed by atoms with Crippen molar-refractivity contribution in [3.05, 3.63) is 69.8 Å². The average Bonchev–Trinajstić information content (AvgIpc) is 3.09. The molecule has 174 valence electrons. The molecule has 0 fully saturated rings. The quantitative estimate of drug-likeness (QED) is 0.503. The van der Waals surface area contributed by atoms with Gasteiger partial charge >= 0.3 is 0 Å². The molecule has 3 aromatic heterocycles. The smallest absolute Gasteiger partial charge is 0.260 e. The Labute approximate surface area is 198 Å². The number of anilines is 1. The molecule has 0 atom stereocenters. The molecule has 0 saturated carbocycles. The molecular weight excluding hydrogens is 428 g/mol. The summed E-state index contributed by atoms with van der Waals surface area (Å²) in [6.45, 7) is 8.87. The molecule has 2 N–H and O–H groups in total. The number of carbonyl (C=O) groups excluding carboxylic acids is 1. The number of aromatic nitrogens is 4. The number of nitrogens with two attached hydrogens (primary N) is 1. The first-order valence-corrected chi connectivity index (χ1v) is 11.3. The second kappa shape index (κ2) is 8.13. The van der Waals surface area contributed by atoms with Gasteiger partial charge in [-0.3, -0.25) is 14.3 Å². The Bertz CT molecular complexity index is 1460. The molecule has 0 aliphatic carbocycles. The Hall–Kier alpha value is -3.94. The second-order valence-corrected chi connectivity index (χ2v) is 8.81. The zero-order valence-corrected chi connectivity index (χ0v) is 20.1. The van der Waals surface area contributed by atoms with Gasteiger partial charge in [0.2, 0.25) is 0 Å². The Morgan fingerprint density at radius 3 is 2.62 bits per heavy atom. The van der Waals surface area contributed by atoms with Crippen molar-refractivity contribution in [2.45, 2.75) is 40.7 Å². The topological polar surface area (TPSA) is 99.2 Å². The fourth-order valence-corrected chi connectivity index (χ4v) is 4.78. The number of nitrogen functional groups attached to an aromatic ring is 1. The zero-order valence-electron chi connectivity index (χ0n) is 20.1. The third-order valence-electron chi connectivity index (χ3n) is 6.73. The van der Waals surface area contributed by atoms with Gasteiger partial charge in [0.05, 0.1) is 24.2 Å². The van der Waals surface area contributed by atoms with E-state index in [9.17, 15) is 4.79 Å². The van der Waals surface area contributed by atoms with E-state index in [0.29, 0.717) is 42.1 Å². The van der Waals surface area contributed by atoms with Crippen LogP contribution in [-0.2, 0) is 13.0 Å².